The summed E-state index contributed by atoms with van der Waals surface area (Å²) in [5, 5.41) is 10.7. The van der Waals surface area contributed by atoms with Crippen molar-refractivity contribution in [2.45, 2.75) is 20.0 Å². The highest BCUT2D eigenvalue weighted by Crippen LogP contribution is 2.14. The van der Waals surface area contributed by atoms with E-state index in [2.05, 4.69) is 20.7 Å². The van der Waals surface area contributed by atoms with Gasteiger partial charge in [-0.2, -0.15) is 5.10 Å². The molecule has 0 unspecified atom stereocenters. The molecule has 25 heavy (non-hydrogen) atoms. The SMILES string of the molecule is CCNC(=NCc1cccc(OCCOC)c1)NCc1ccnn1C. The van der Waals surface area contributed by atoms with Crippen LogP contribution in [0.5, 0.6) is 5.75 Å². The molecule has 2 rings (SSSR count). The summed E-state index contributed by atoms with van der Waals surface area (Å²) >= 11 is 0. The first-order valence-electron chi connectivity index (χ1n) is 8.42. The lowest BCUT2D eigenvalue weighted by Crippen LogP contribution is -2.37. The van der Waals surface area contributed by atoms with Gasteiger partial charge < -0.3 is 20.1 Å². The predicted molar refractivity (Wildman–Crippen MR) is 98.7 cm³/mol. The third-order valence-corrected chi connectivity index (χ3v) is 3.58. The normalized spacial score (nSPS) is 11.4. The first-order valence-corrected chi connectivity index (χ1v) is 8.42. The molecule has 0 saturated carbocycles. The van der Waals surface area contributed by atoms with Crippen LogP contribution in [0.1, 0.15) is 18.2 Å². The van der Waals surface area contributed by atoms with Gasteiger partial charge in [-0.15, -0.1) is 0 Å². The van der Waals surface area contributed by atoms with E-state index in [1.54, 1.807) is 13.3 Å². The number of hydrogen-bond acceptors (Lipinski definition) is 4. The zero-order valence-corrected chi connectivity index (χ0v) is 15.2. The number of ether oxygens (including phenoxy) is 2. The lowest BCUT2D eigenvalue weighted by molar-refractivity contribution is 0.146. The Kier molecular flexibility index (Phi) is 7.78. The maximum absolute atomic E-state index is 5.64. The molecule has 0 bridgehead atoms. The predicted octanol–water partition coefficient (Wildman–Crippen LogP) is 1.70. The minimum atomic E-state index is 0.540. The number of aromatic nitrogens is 2. The summed E-state index contributed by atoms with van der Waals surface area (Å²) in [6.07, 6.45) is 1.79. The second kappa shape index (κ2) is 10.4. The Hall–Kier alpha value is -2.54. The fraction of sp³-hybridized carbons (Fsp3) is 0.444. The van der Waals surface area contributed by atoms with Gasteiger partial charge in [-0.05, 0) is 30.7 Å². The van der Waals surface area contributed by atoms with Crippen LogP contribution < -0.4 is 15.4 Å². The van der Waals surface area contributed by atoms with Crippen LogP contribution in [0.25, 0.3) is 0 Å². The third-order valence-electron chi connectivity index (χ3n) is 3.58. The molecule has 0 spiro atoms. The van der Waals surface area contributed by atoms with Gasteiger partial charge in [-0.1, -0.05) is 12.1 Å². The van der Waals surface area contributed by atoms with Crippen LogP contribution in [0, 0.1) is 0 Å². The summed E-state index contributed by atoms with van der Waals surface area (Å²) in [6, 6.07) is 9.94. The Balaban J connectivity index is 1.93. The summed E-state index contributed by atoms with van der Waals surface area (Å²) in [5.74, 6) is 1.60. The molecule has 2 N–H and O–H groups in total. The average molecular weight is 345 g/mol. The zero-order valence-electron chi connectivity index (χ0n) is 15.2. The van der Waals surface area contributed by atoms with Gasteiger partial charge in [0.2, 0.25) is 0 Å². The van der Waals surface area contributed by atoms with Crippen molar-refractivity contribution in [3.63, 3.8) is 0 Å². The summed E-state index contributed by atoms with van der Waals surface area (Å²) in [6.45, 7) is 5.20. The van der Waals surface area contributed by atoms with Crippen LogP contribution in [-0.4, -0.2) is 42.6 Å². The molecule has 0 aliphatic heterocycles. The lowest BCUT2D eigenvalue weighted by atomic mass is 10.2. The van der Waals surface area contributed by atoms with Gasteiger partial charge in [0.05, 0.1) is 25.4 Å². The summed E-state index contributed by atoms with van der Waals surface area (Å²) in [5.41, 5.74) is 2.19. The summed E-state index contributed by atoms with van der Waals surface area (Å²) < 4.78 is 12.5. The number of methoxy groups -OCH3 is 1. The standard InChI is InChI=1S/C18H27N5O2/c1-4-19-18(21-14-16-8-9-22-23(16)2)20-13-15-6-5-7-17(12-15)25-11-10-24-3/h5-9,12H,4,10-11,13-14H2,1-3H3,(H2,19,20,21). The van der Waals surface area contributed by atoms with Crippen LogP contribution in [0.4, 0.5) is 0 Å². The van der Waals surface area contributed by atoms with Crippen molar-refractivity contribution in [2.75, 3.05) is 26.9 Å². The molecule has 7 heteroatoms. The van der Waals surface area contributed by atoms with Gasteiger partial charge >= 0.3 is 0 Å². The Morgan fingerprint density at radius 2 is 2.12 bits per heavy atom. The van der Waals surface area contributed by atoms with E-state index in [4.69, 9.17) is 9.47 Å². The molecular weight excluding hydrogens is 318 g/mol. The highest BCUT2D eigenvalue weighted by Gasteiger charge is 2.02. The number of nitrogens with one attached hydrogen (secondary N) is 2. The van der Waals surface area contributed by atoms with Crippen LogP contribution in [-0.2, 0) is 24.9 Å². The molecule has 1 aromatic heterocycles. The molecule has 7 nitrogen and oxygen atoms in total. The maximum atomic E-state index is 5.64. The van der Waals surface area contributed by atoms with E-state index in [1.807, 2.05) is 49.0 Å². The monoisotopic (exact) mass is 345 g/mol. The number of aliphatic imine (C=N–C) groups is 1. The Bertz CT molecular complexity index is 669. The highest BCUT2D eigenvalue weighted by molar-refractivity contribution is 5.79. The van der Waals surface area contributed by atoms with Crippen molar-refractivity contribution < 1.29 is 9.47 Å². The minimum absolute atomic E-state index is 0.540. The fourth-order valence-corrected chi connectivity index (χ4v) is 2.24. The first-order chi connectivity index (χ1) is 12.2. The summed E-state index contributed by atoms with van der Waals surface area (Å²) in [4.78, 5) is 4.63. The molecule has 0 aliphatic rings. The van der Waals surface area contributed by atoms with Crippen molar-refractivity contribution in [3.8, 4) is 5.75 Å². The van der Waals surface area contributed by atoms with E-state index in [9.17, 15) is 0 Å². The molecule has 2 aromatic rings. The van der Waals surface area contributed by atoms with Crippen LogP contribution >= 0.6 is 0 Å². The zero-order chi connectivity index (χ0) is 17.9. The number of benzene rings is 1. The van der Waals surface area contributed by atoms with Crippen LogP contribution in [0.2, 0.25) is 0 Å². The molecule has 0 fully saturated rings. The van der Waals surface area contributed by atoms with E-state index in [0.29, 0.717) is 26.3 Å². The van der Waals surface area contributed by atoms with E-state index in [-0.39, 0.29) is 0 Å². The van der Waals surface area contributed by atoms with Crippen molar-refractivity contribution >= 4 is 5.96 Å². The average Bonchev–Trinajstić information content (AvgIpc) is 3.03. The van der Waals surface area contributed by atoms with E-state index in [1.165, 1.54) is 0 Å². The van der Waals surface area contributed by atoms with Crippen molar-refractivity contribution in [2.24, 2.45) is 12.0 Å². The van der Waals surface area contributed by atoms with Crippen molar-refractivity contribution in [1.29, 1.82) is 0 Å². The lowest BCUT2D eigenvalue weighted by Gasteiger charge is -2.12. The molecule has 0 radical (unpaired) electrons. The number of hydrogen-bond donors (Lipinski definition) is 2. The summed E-state index contributed by atoms with van der Waals surface area (Å²) in [7, 11) is 3.59. The molecule has 1 heterocycles. The number of rotatable bonds is 9. The molecule has 0 amide bonds. The Morgan fingerprint density at radius 1 is 1.24 bits per heavy atom. The van der Waals surface area contributed by atoms with E-state index < -0.39 is 0 Å². The van der Waals surface area contributed by atoms with Gasteiger partial charge in [0.25, 0.3) is 0 Å². The van der Waals surface area contributed by atoms with Gasteiger partial charge in [0, 0.05) is 26.9 Å². The number of aryl methyl sites for hydroxylation is 1. The van der Waals surface area contributed by atoms with Crippen LogP contribution in [0.15, 0.2) is 41.5 Å². The molecule has 0 saturated heterocycles. The molecular formula is C18H27N5O2. The second-order valence-corrected chi connectivity index (χ2v) is 5.48. The second-order valence-electron chi connectivity index (χ2n) is 5.48. The minimum Gasteiger partial charge on any atom is -0.491 e. The third kappa shape index (κ3) is 6.46. The molecule has 136 valence electrons. The van der Waals surface area contributed by atoms with Crippen LogP contribution in [0.3, 0.4) is 0 Å². The smallest absolute Gasteiger partial charge is 0.191 e. The topological polar surface area (TPSA) is 72.7 Å². The Morgan fingerprint density at radius 3 is 2.84 bits per heavy atom. The van der Waals surface area contributed by atoms with Gasteiger partial charge in [-0.25, -0.2) is 4.99 Å². The van der Waals surface area contributed by atoms with Gasteiger partial charge in [0.1, 0.15) is 12.4 Å². The highest BCUT2D eigenvalue weighted by atomic mass is 16.5. The quantitative estimate of drug-likeness (QED) is 0.411. The van der Waals surface area contributed by atoms with Gasteiger partial charge in [0.15, 0.2) is 5.96 Å². The molecule has 1 aromatic carbocycles. The van der Waals surface area contributed by atoms with Crippen molar-refractivity contribution in [1.82, 2.24) is 20.4 Å². The fourth-order valence-electron chi connectivity index (χ4n) is 2.24. The van der Waals surface area contributed by atoms with Gasteiger partial charge in [-0.3, -0.25) is 4.68 Å². The largest absolute Gasteiger partial charge is 0.491 e. The number of guanidine groups is 1. The van der Waals surface area contributed by atoms with E-state index >= 15 is 0 Å². The Labute approximate surface area is 149 Å². The van der Waals surface area contributed by atoms with E-state index in [0.717, 1.165) is 29.5 Å². The maximum Gasteiger partial charge on any atom is 0.191 e. The first kappa shape index (κ1) is 18.8. The molecule has 0 aliphatic carbocycles. The number of nitrogens with zero attached hydrogens (tertiary/aromatic N) is 3. The van der Waals surface area contributed by atoms with Crippen molar-refractivity contribution in [3.05, 3.63) is 47.8 Å². The molecule has 0 atom stereocenters.